The number of carbonyl (C=O) groups is 2. The molecule has 1 fully saturated rings. The fraction of sp³-hybridized carbons (Fsp3) is 0.160. The van der Waals surface area contributed by atoms with Crippen LogP contribution in [0.4, 0.5) is 0 Å². The van der Waals surface area contributed by atoms with Crippen molar-refractivity contribution in [3.63, 3.8) is 0 Å². The molecule has 162 valence electrons. The second-order valence-electron chi connectivity index (χ2n) is 7.78. The maximum atomic E-state index is 13.2. The van der Waals surface area contributed by atoms with Crippen molar-refractivity contribution in [1.29, 1.82) is 0 Å². The molecular weight excluding hydrogens is 447 g/mol. The average Bonchev–Trinajstić information content (AvgIpc) is 3.02. The molecule has 2 aromatic carbocycles. The molecular formula is C25H20Cl2N2O3. The molecule has 1 aliphatic rings. The molecule has 0 aliphatic carbocycles. The van der Waals surface area contributed by atoms with Crippen molar-refractivity contribution in [3.8, 4) is 0 Å². The molecule has 1 aromatic heterocycles. The van der Waals surface area contributed by atoms with Gasteiger partial charge in [0.1, 0.15) is 5.76 Å². The topological polar surface area (TPSA) is 70.5 Å². The van der Waals surface area contributed by atoms with Crippen molar-refractivity contribution >= 4 is 40.7 Å². The first-order valence-corrected chi connectivity index (χ1v) is 10.7. The van der Waals surface area contributed by atoms with Crippen LogP contribution in [-0.4, -0.2) is 26.7 Å². The number of aryl methyl sites for hydroxylation is 2. The van der Waals surface area contributed by atoms with E-state index >= 15 is 0 Å². The van der Waals surface area contributed by atoms with E-state index in [9.17, 15) is 14.7 Å². The zero-order valence-electron chi connectivity index (χ0n) is 17.5. The standard InChI is InChI=1S/C25H20Cl2N2O3/c1-14-5-6-15(2)18(10-14)23(30)21-22(17-7-8-19(26)20(27)11-17)29(25(32)24(21)31)13-16-4-3-9-28-12-16/h3-12,22,30H,13H2,1-2H3/b23-21+. The van der Waals surface area contributed by atoms with Gasteiger partial charge in [0.15, 0.2) is 0 Å². The number of Topliss-reactive ketones (excluding diaryl/α,β-unsaturated/α-hetero) is 1. The number of aliphatic hydroxyl groups is 1. The molecule has 4 rings (SSSR count). The lowest BCUT2D eigenvalue weighted by Crippen LogP contribution is -2.29. The van der Waals surface area contributed by atoms with Gasteiger partial charge in [0.25, 0.3) is 11.7 Å². The molecule has 1 saturated heterocycles. The second-order valence-corrected chi connectivity index (χ2v) is 8.59. The number of pyridine rings is 1. The summed E-state index contributed by atoms with van der Waals surface area (Å²) in [5.41, 5.74) is 3.58. The molecule has 7 heteroatoms. The van der Waals surface area contributed by atoms with Crippen LogP contribution in [0.3, 0.4) is 0 Å². The third-order valence-corrected chi connectivity index (χ3v) is 6.26. The monoisotopic (exact) mass is 466 g/mol. The van der Waals surface area contributed by atoms with E-state index in [4.69, 9.17) is 23.2 Å². The summed E-state index contributed by atoms with van der Waals surface area (Å²) in [4.78, 5) is 31.8. The number of aliphatic hydroxyl groups excluding tert-OH is 1. The van der Waals surface area contributed by atoms with Gasteiger partial charge in [0.2, 0.25) is 0 Å². The van der Waals surface area contributed by atoms with Crippen LogP contribution in [0.25, 0.3) is 5.76 Å². The number of nitrogens with zero attached hydrogens (tertiary/aromatic N) is 2. The second kappa shape index (κ2) is 8.77. The summed E-state index contributed by atoms with van der Waals surface area (Å²) in [6.07, 6.45) is 3.27. The Hall–Kier alpha value is -3.15. The number of hydrogen-bond donors (Lipinski definition) is 1. The van der Waals surface area contributed by atoms with Crippen molar-refractivity contribution in [2.75, 3.05) is 0 Å². The molecule has 0 radical (unpaired) electrons. The predicted molar refractivity (Wildman–Crippen MR) is 124 cm³/mol. The molecule has 2 heterocycles. The highest BCUT2D eigenvalue weighted by Gasteiger charge is 2.46. The van der Waals surface area contributed by atoms with Gasteiger partial charge in [-0.05, 0) is 54.8 Å². The van der Waals surface area contributed by atoms with Crippen LogP contribution in [0.1, 0.15) is 33.9 Å². The first-order valence-electron chi connectivity index (χ1n) is 9.98. The number of ketones is 1. The Morgan fingerprint density at radius 1 is 1.06 bits per heavy atom. The maximum Gasteiger partial charge on any atom is 0.295 e. The van der Waals surface area contributed by atoms with Crippen molar-refractivity contribution in [2.45, 2.75) is 26.4 Å². The highest BCUT2D eigenvalue weighted by molar-refractivity contribution is 6.46. The first-order chi connectivity index (χ1) is 15.3. The highest BCUT2D eigenvalue weighted by atomic mass is 35.5. The summed E-state index contributed by atoms with van der Waals surface area (Å²) in [6.45, 7) is 3.88. The molecule has 32 heavy (non-hydrogen) atoms. The highest BCUT2D eigenvalue weighted by Crippen LogP contribution is 2.42. The molecule has 1 aliphatic heterocycles. The fourth-order valence-corrected chi connectivity index (χ4v) is 4.20. The quantitative estimate of drug-likeness (QED) is 0.307. The van der Waals surface area contributed by atoms with Gasteiger partial charge < -0.3 is 10.0 Å². The van der Waals surface area contributed by atoms with Gasteiger partial charge in [-0.15, -0.1) is 0 Å². The number of rotatable bonds is 4. The van der Waals surface area contributed by atoms with Crippen LogP contribution < -0.4 is 0 Å². The van der Waals surface area contributed by atoms with E-state index in [-0.39, 0.29) is 17.9 Å². The smallest absolute Gasteiger partial charge is 0.295 e. The summed E-state index contributed by atoms with van der Waals surface area (Å²) in [6, 6.07) is 13.3. The normalized spacial score (nSPS) is 17.8. The zero-order chi connectivity index (χ0) is 23.0. The van der Waals surface area contributed by atoms with E-state index in [2.05, 4.69) is 4.98 Å². The molecule has 0 bridgehead atoms. The van der Waals surface area contributed by atoms with Crippen LogP contribution in [0, 0.1) is 13.8 Å². The van der Waals surface area contributed by atoms with E-state index in [0.717, 1.165) is 16.7 Å². The Bertz CT molecular complexity index is 1260. The van der Waals surface area contributed by atoms with E-state index in [1.165, 1.54) is 4.90 Å². The Kier molecular flexibility index (Phi) is 6.04. The number of halogens is 2. The number of likely N-dealkylation sites (tertiary alicyclic amines) is 1. The molecule has 3 aromatic rings. The lowest BCUT2D eigenvalue weighted by Gasteiger charge is -2.25. The lowest BCUT2D eigenvalue weighted by atomic mass is 9.93. The zero-order valence-corrected chi connectivity index (χ0v) is 19.0. The number of benzene rings is 2. The number of hydrogen-bond acceptors (Lipinski definition) is 4. The summed E-state index contributed by atoms with van der Waals surface area (Å²) in [7, 11) is 0. The van der Waals surface area contributed by atoms with Crippen LogP contribution in [0.2, 0.25) is 10.0 Å². The Morgan fingerprint density at radius 3 is 2.53 bits per heavy atom. The van der Waals surface area contributed by atoms with Crippen LogP contribution in [-0.2, 0) is 16.1 Å². The van der Waals surface area contributed by atoms with E-state index in [1.54, 1.807) is 42.7 Å². The minimum atomic E-state index is -0.829. The van der Waals surface area contributed by atoms with Crippen molar-refractivity contribution in [3.05, 3.63) is 104 Å². The summed E-state index contributed by atoms with van der Waals surface area (Å²) in [5, 5.41) is 11.9. The number of carbonyl (C=O) groups excluding carboxylic acids is 2. The SMILES string of the molecule is Cc1ccc(C)c(/C(O)=C2\C(=O)C(=O)N(Cc3cccnc3)C2c2ccc(Cl)c(Cl)c2)c1. The number of amides is 1. The van der Waals surface area contributed by atoms with Crippen molar-refractivity contribution in [1.82, 2.24) is 9.88 Å². The fourth-order valence-electron chi connectivity index (χ4n) is 3.90. The summed E-state index contributed by atoms with van der Waals surface area (Å²) >= 11 is 12.3. The Labute approximate surface area is 195 Å². The van der Waals surface area contributed by atoms with E-state index in [0.29, 0.717) is 21.2 Å². The van der Waals surface area contributed by atoms with Crippen LogP contribution in [0.15, 0.2) is 66.5 Å². The Morgan fingerprint density at radius 2 is 1.84 bits per heavy atom. The van der Waals surface area contributed by atoms with E-state index in [1.807, 2.05) is 32.0 Å². The van der Waals surface area contributed by atoms with Gasteiger partial charge in [-0.2, -0.15) is 0 Å². The van der Waals surface area contributed by atoms with Gasteiger partial charge >= 0.3 is 0 Å². The minimum absolute atomic E-state index is 0.0194. The molecule has 0 saturated carbocycles. The minimum Gasteiger partial charge on any atom is -0.507 e. The number of aromatic nitrogens is 1. The molecule has 5 nitrogen and oxygen atoms in total. The molecule has 1 unspecified atom stereocenters. The molecule has 0 spiro atoms. The molecule has 1 amide bonds. The maximum absolute atomic E-state index is 13.2. The average molecular weight is 467 g/mol. The van der Waals surface area contributed by atoms with Crippen molar-refractivity contribution in [2.24, 2.45) is 0 Å². The third-order valence-electron chi connectivity index (χ3n) is 5.52. The summed E-state index contributed by atoms with van der Waals surface area (Å²) in [5.74, 6) is -1.66. The van der Waals surface area contributed by atoms with Crippen molar-refractivity contribution < 1.29 is 14.7 Å². The van der Waals surface area contributed by atoms with E-state index < -0.39 is 17.7 Å². The van der Waals surface area contributed by atoms with Gasteiger partial charge in [0, 0.05) is 24.5 Å². The predicted octanol–water partition coefficient (Wildman–Crippen LogP) is 5.63. The Balaban J connectivity index is 1.92. The molecule has 1 atom stereocenters. The summed E-state index contributed by atoms with van der Waals surface area (Å²) < 4.78 is 0. The largest absolute Gasteiger partial charge is 0.507 e. The van der Waals surface area contributed by atoms with Crippen LogP contribution in [0.5, 0.6) is 0 Å². The molecule has 1 N–H and O–H groups in total. The van der Waals surface area contributed by atoms with Gasteiger partial charge in [0.05, 0.1) is 21.7 Å². The third kappa shape index (κ3) is 4.01. The van der Waals surface area contributed by atoms with Gasteiger partial charge in [-0.25, -0.2) is 0 Å². The van der Waals surface area contributed by atoms with Gasteiger partial charge in [-0.3, -0.25) is 14.6 Å². The van der Waals surface area contributed by atoms with Gasteiger partial charge in [-0.1, -0.05) is 53.0 Å². The van der Waals surface area contributed by atoms with Crippen LogP contribution >= 0.6 is 23.2 Å². The lowest BCUT2D eigenvalue weighted by molar-refractivity contribution is -0.140. The first kappa shape index (κ1) is 22.1.